The number of β-amino-alcohol motifs (C(OH)–C–C–N with tert-alkyl or cyclic N) is 1. The van der Waals surface area contributed by atoms with Crippen molar-refractivity contribution in [2.75, 3.05) is 33.0 Å². The topological polar surface area (TPSA) is 201 Å². The van der Waals surface area contributed by atoms with Gasteiger partial charge >= 0.3 is 0 Å². The van der Waals surface area contributed by atoms with E-state index < -0.39 is 24.1 Å². The van der Waals surface area contributed by atoms with E-state index in [9.17, 15) is 24.3 Å². The van der Waals surface area contributed by atoms with Crippen LogP contribution in [0.3, 0.4) is 0 Å². The van der Waals surface area contributed by atoms with Crippen LogP contribution in [0.5, 0.6) is 11.5 Å². The lowest BCUT2D eigenvalue weighted by molar-refractivity contribution is -0.143. The van der Waals surface area contributed by atoms with E-state index in [1.54, 1.807) is 69.7 Å². The second-order valence-electron chi connectivity index (χ2n) is 17.9. The molecule has 8 rings (SSSR count). The van der Waals surface area contributed by atoms with Crippen molar-refractivity contribution < 1.29 is 38.5 Å². The summed E-state index contributed by atoms with van der Waals surface area (Å²) in [7, 11) is 0. The Morgan fingerprint density at radius 2 is 1.72 bits per heavy atom. The predicted molar refractivity (Wildman–Crippen MR) is 268 cm³/mol. The minimum atomic E-state index is -0.928. The molecule has 0 spiro atoms. The van der Waals surface area contributed by atoms with Crippen LogP contribution < -0.4 is 20.1 Å². The van der Waals surface area contributed by atoms with Crippen molar-refractivity contribution in [2.24, 2.45) is 5.92 Å². The van der Waals surface area contributed by atoms with E-state index in [2.05, 4.69) is 26.8 Å². The number of carbonyl (C=O) groups excluding carboxylic acids is 4. The van der Waals surface area contributed by atoms with Gasteiger partial charge in [-0.1, -0.05) is 61.8 Å². The maximum absolute atomic E-state index is 14.2. The molecule has 16 nitrogen and oxygen atoms in total. The normalized spacial score (nSPS) is 16.1. The summed E-state index contributed by atoms with van der Waals surface area (Å²) >= 11 is 7.72. The highest BCUT2D eigenvalue weighted by Gasteiger charge is 2.46. The molecule has 2 aliphatic rings. The number of benzene rings is 4. The number of aliphatic hydroxyl groups is 1. The van der Waals surface area contributed by atoms with Gasteiger partial charge < -0.3 is 39.8 Å². The van der Waals surface area contributed by atoms with E-state index in [1.807, 2.05) is 70.3 Å². The summed E-state index contributed by atoms with van der Waals surface area (Å²) in [5.74, 6) is -0.354. The number of aliphatic hydroxyl groups excluding tert-OH is 1. The number of nitriles is 1. The highest BCUT2D eigenvalue weighted by molar-refractivity contribution is 7.13. The minimum Gasteiger partial charge on any atom is -0.491 e. The summed E-state index contributed by atoms with van der Waals surface area (Å²) in [5, 5.41) is 30.9. The Hall–Kier alpha value is -7.10. The Kier molecular flexibility index (Phi) is 16.1. The number of aromatic nitrogens is 3. The molecular weight excluding hydrogens is 944 g/mol. The number of hydrogen-bond donors (Lipinski definition) is 3. The van der Waals surface area contributed by atoms with Crippen LogP contribution in [-0.4, -0.2) is 111 Å². The van der Waals surface area contributed by atoms with E-state index in [0.717, 1.165) is 27.3 Å². The average Bonchev–Trinajstić information content (AvgIpc) is 4.17. The number of hydrogen-bond acceptors (Lipinski definition) is 12. The van der Waals surface area contributed by atoms with Gasteiger partial charge in [0.2, 0.25) is 11.8 Å². The van der Waals surface area contributed by atoms with Crippen LogP contribution in [0.2, 0.25) is 5.02 Å². The lowest BCUT2D eigenvalue weighted by atomic mass is 10.0. The van der Waals surface area contributed by atoms with Crippen LogP contribution in [0.15, 0.2) is 103 Å². The molecule has 3 N–H and O–H groups in total. The van der Waals surface area contributed by atoms with E-state index >= 15 is 0 Å². The van der Waals surface area contributed by atoms with E-state index in [0.29, 0.717) is 57.6 Å². The van der Waals surface area contributed by atoms with Crippen molar-refractivity contribution in [3.8, 4) is 39.3 Å². The van der Waals surface area contributed by atoms with Gasteiger partial charge in [-0.15, -0.1) is 11.3 Å². The third-order valence-corrected chi connectivity index (χ3v) is 13.7. The van der Waals surface area contributed by atoms with Gasteiger partial charge in [0, 0.05) is 60.5 Å². The number of likely N-dealkylation sites (tertiary alicyclic amines) is 1. The molecule has 6 aromatic rings. The predicted octanol–water partition coefficient (Wildman–Crippen LogP) is 7.06. The van der Waals surface area contributed by atoms with Gasteiger partial charge in [-0.25, -0.2) is 4.98 Å². The maximum Gasteiger partial charge on any atom is 0.255 e. The average molecular weight is 1000 g/mol. The first-order valence-corrected chi connectivity index (χ1v) is 24.7. The fourth-order valence-corrected chi connectivity index (χ4v) is 9.89. The van der Waals surface area contributed by atoms with Gasteiger partial charge in [0.15, 0.2) is 0 Å². The number of thiazole rings is 1. The highest BCUT2D eigenvalue weighted by Crippen LogP contribution is 2.33. The third kappa shape index (κ3) is 11.9. The number of rotatable bonds is 20. The number of ether oxygens (including phenoxy) is 3. The molecule has 71 heavy (non-hydrogen) atoms. The molecule has 4 heterocycles. The number of nitrogens with zero attached hydrogens (tertiary/aromatic N) is 6. The van der Waals surface area contributed by atoms with Crippen LogP contribution in [0.25, 0.3) is 21.7 Å². The van der Waals surface area contributed by atoms with Gasteiger partial charge in [-0.2, -0.15) is 10.4 Å². The zero-order chi connectivity index (χ0) is 50.2. The quantitative estimate of drug-likeness (QED) is 0.0662. The first kappa shape index (κ1) is 50.3. The SMILES string of the molecule is Cc1ncsc1-c1ccc(CNC(=O)C2C[C@@H](O)CN2C(=O)[C@H](C(C)C)N2Cc3ccccc3C2=O)c(OCCOCCOc2ccc(C(=O)N[C@@H](C)Cn3ccc(-c4ccc(C#N)c(Cl)c4)n3)cc2)c1. The van der Waals surface area contributed by atoms with Crippen molar-refractivity contribution >= 4 is 46.6 Å². The molecule has 1 fully saturated rings. The van der Waals surface area contributed by atoms with Crippen LogP contribution in [0, 0.1) is 24.2 Å². The van der Waals surface area contributed by atoms with Gasteiger partial charge in [0.1, 0.15) is 42.9 Å². The minimum absolute atomic E-state index is 0.0141. The monoisotopic (exact) mass is 998 g/mol. The third-order valence-electron chi connectivity index (χ3n) is 12.4. The maximum atomic E-state index is 14.2. The number of halogens is 1. The number of fused-ring (bicyclic) bond motifs is 1. The second-order valence-corrected chi connectivity index (χ2v) is 19.2. The van der Waals surface area contributed by atoms with Crippen molar-refractivity contribution in [2.45, 2.75) is 78.0 Å². The Labute approximate surface area is 421 Å². The van der Waals surface area contributed by atoms with Gasteiger partial charge in [0.05, 0.1) is 58.2 Å². The molecule has 2 aliphatic heterocycles. The molecule has 1 saturated heterocycles. The Balaban J connectivity index is 0.801. The highest BCUT2D eigenvalue weighted by atomic mass is 35.5. The van der Waals surface area contributed by atoms with Crippen molar-refractivity contribution in [1.29, 1.82) is 5.26 Å². The summed E-state index contributed by atoms with van der Waals surface area (Å²) in [5.41, 5.74) is 8.07. The summed E-state index contributed by atoms with van der Waals surface area (Å²) in [4.78, 5) is 63.0. The van der Waals surface area contributed by atoms with Crippen LogP contribution in [-0.2, 0) is 34.0 Å². The summed E-state index contributed by atoms with van der Waals surface area (Å²) < 4.78 is 19.7. The molecule has 0 saturated carbocycles. The van der Waals surface area contributed by atoms with Crippen LogP contribution >= 0.6 is 22.9 Å². The van der Waals surface area contributed by atoms with Gasteiger partial charge in [-0.3, -0.25) is 23.9 Å². The molecule has 4 aromatic carbocycles. The molecule has 0 aliphatic carbocycles. The summed E-state index contributed by atoms with van der Waals surface area (Å²) in [6.45, 7) is 9.40. The number of carbonyl (C=O) groups is 4. The molecular formula is C53H55ClN8O8S. The van der Waals surface area contributed by atoms with Crippen LogP contribution in [0.1, 0.15) is 70.3 Å². The molecule has 4 amide bonds. The lowest BCUT2D eigenvalue weighted by Gasteiger charge is -2.35. The molecule has 0 radical (unpaired) electrons. The van der Waals surface area contributed by atoms with E-state index in [1.165, 1.54) is 16.2 Å². The number of aryl methyl sites for hydroxylation is 1. The Bertz CT molecular complexity index is 2930. The van der Waals surface area contributed by atoms with Gasteiger partial charge in [0.25, 0.3) is 11.8 Å². The molecule has 4 atom stereocenters. The fourth-order valence-electron chi connectivity index (χ4n) is 8.86. The van der Waals surface area contributed by atoms with Crippen molar-refractivity contribution in [3.63, 3.8) is 0 Å². The smallest absolute Gasteiger partial charge is 0.255 e. The number of amides is 4. The largest absolute Gasteiger partial charge is 0.491 e. The van der Waals surface area contributed by atoms with E-state index in [-0.39, 0.29) is 75.6 Å². The Morgan fingerprint density at radius 1 is 0.958 bits per heavy atom. The first-order valence-electron chi connectivity index (χ1n) is 23.4. The van der Waals surface area contributed by atoms with Gasteiger partial charge in [-0.05, 0) is 85.5 Å². The molecule has 368 valence electrons. The second kappa shape index (κ2) is 22.8. The standard InChI is InChI=1S/C53H55ClN8O8S/c1-32(2)48(62-29-40-7-5-6-8-43(40)52(62)66)53(67)61-30-41(63)25-46(61)51(65)56-27-39-12-10-37(49-34(4)57-31-71-49)24-47(39)70-22-20-68-19-21-69-42-15-13-35(14-16-42)50(64)58-33(3)28-60-18-17-45(59-60)36-9-11-38(26-55)44(54)23-36/h5-18,23-24,31-33,41,46,48,63H,19-22,25,27-30H2,1-4H3,(H,56,65)(H,58,64)/t33-,41+,46?,48-/m0/s1. The number of nitrogens with one attached hydrogen (secondary N) is 2. The summed E-state index contributed by atoms with van der Waals surface area (Å²) in [6.07, 6.45) is 1.00. The zero-order valence-electron chi connectivity index (χ0n) is 39.8. The zero-order valence-corrected chi connectivity index (χ0v) is 41.4. The fraction of sp³-hybridized carbons (Fsp3) is 0.340. The first-order chi connectivity index (χ1) is 34.3. The molecule has 1 unspecified atom stereocenters. The molecule has 18 heteroatoms. The lowest BCUT2D eigenvalue weighted by Crippen LogP contribution is -2.55. The molecule has 0 bridgehead atoms. The summed E-state index contributed by atoms with van der Waals surface area (Å²) in [6, 6.07) is 27.0. The van der Waals surface area contributed by atoms with Crippen molar-refractivity contribution in [1.82, 2.24) is 35.2 Å². The molecule has 2 aromatic heterocycles. The van der Waals surface area contributed by atoms with Crippen LogP contribution in [0.4, 0.5) is 0 Å². The Morgan fingerprint density at radius 3 is 2.44 bits per heavy atom. The van der Waals surface area contributed by atoms with E-state index in [4.69, 9.17) is 31.1 Å². The van der Waals surface area contributed by atoms with Crippen molar-refractivity contribution in [3.05, 3.63) is 141 Å².